The number of fused-ring (bicyclic) bond motifs is 1. The van der Waals surface area contributed by atoms with Gasteiger partial charge in [-0.1, -0.05) is 74.4 Å². The molecule has 0 saturated heterocycles. The van der Waals surface area contributed by atoms with Gasteiger partial charge in [-0.2, -0.15) is 0 Å². The number of para-hydroxylation sites is 1. The molecule has 1 aliphatic heterocycles. The van der Waals surface area contributed by atoms with Crippen LogP contribution in [0.5, 0.6) is 5.75 Å². The Bertz CT molecular complexity index is 1050. The van der Waals surface area contributed by atoms with E-state index in [9.17, 15) is 14.4 Å². The number of benzene rings is 2. The van der Waals surface area contributed by atoms with Gasteiger partial charge in [0, 0.05) is 27.2 Å². The molecule has 1 heterocycles. The molecule has 3 amide bonds. The highest BCUT2D eigenvalue weighted by Gasteiger charge is 2.33. The molecule has 3 unspecified atom stereocenters. The average Bonchev–Trinajstić information content (AvgIpc) is 2.96. The van der Waals surface area contributed by atoms with Crippen LogP contribution in [0.25, 0.3) is 0 Å². The zero-order chi connectivity index (χ0) is 29.3. The van der Waals surface area contributed by atoms with Gasteiger partial charge in [-0.05, 0) is 37.3 Å². The van der Waals surface area contributed by atoms with Gasteiger partial charge in [0.05, 0.1) is 19.2 Å². The third-order valence-electron chi connectivity index (χ3n) is 6.93. The quantitative estimate of drug-likeness (QED) is 0.536. The number of nitrogens with one attached hydrogen (secondary N) is 3. The number of carbonyl (C=O) groups excluding carboxylic acids is 3. The second-order valence-corrected chi connectivity index (χ2v) is 10.0. The van der Waals surface area contributed by atoms with Crippen molar-refractivity contribution in [2.75, 3.05) is 47.0 Å². The highest BCUT2D eigenvalue weighted by Crippen LogP contribution is 2.19. The molecule has 40 heavy (non-hydrogen) atoms. The Labute approximate surface area is 239 Å². The molecule has 3 atom stereocenters. The predicted octanol–water partition coefficient (Wildman–Crippen LogP) is 2.72. The van der Waals surface area contributed by atoms with Gasteiger partial charge < -0.3 is 30.3 Å². The molecule has 1 aliphatic rings. The zero-order valence-electron chi connectivity index (χ0n) is 24.6. The van der Waals surface area contributed by atoms with Crippen LogP contribution in [0.1, 0.15) is 37.8 Å². The minimum absolute atomic E-state index is 0.0306. The van der Waals surface area contributed by atoms with Crippen molar-refractivity contribution in [2.45, 2.75) is 52.1 Å². The summed E-state index contributed by atoms with van der Waals surface area (Å²) in [6.07, 6.45) is 2.30. The van der Waals surface area contributed by atoms with Gasteiger partial charge >= 0.3 is 0 Å². The van der Waals surface area contributed by atoms with Gasteiger partial charge in [-0.25, -0.2) is 0 Å². The number of hydrogen-bond donors (Lipinski definition) is 3. The topological polar surface area (TPSA) is 109 Å². The molecule has 0 fully saturated rings. The normalized spacial score (nSPS) is 20.3. The fourth-order valence-electron chi connectivity index (χ4n) is 4.28. The first-order valence-electron chi connectivity index (χ1n) is 14.0. The van der Waals surface area contributed by atoms with Gasteiger partial charge in [0.1, 0.15) is 18.4 Å². The summed E-state index contributed by atoms with van der Waals surface area (Å²) in [5.74, 6) is -0.0486. The second-order valence-electron chi connectivity index (χ2n) is 10.0. The number of methoxy groups -OCH3 is 1. The van der Waals surface area contributed by atoms with Crippen LogP contribution in [-0.2, 0) is 25.5 Å². The lowest BCUT2D eigenvalue weighted by Gasteiger charge is -2.32. The SMILES string of the molecule is CCC(C)C1NCCOc2ccccc2CCCNC(=O)CNC(=O)C(COC)N(C)C1=O.Cc1ccccc1. The van der Waals surface area contributed by atoms with Gasteiger partial charge in [0.2, 0.25) is 17.7 Å². The minimum Gasteiger partial charge on any atom is -0.492 e. The van der Waals surface area contributed by atoms with Crippen molar-refractivity contribution in [3.05, 3.63) is 65.7 Å². The van der Waals surface area contributed by atoms with E-state index < -0.39 is 18.0 Å². The number of ether oxygens (including phenoxy) is 2. The number of carbonyl (C=O) groups is 3. The standard InChI is InChI=1S/C24H38N4O5.C7H8/c1-5-17(2)22-24(31)28(3)19(16-32-4)23(30)27-15-21(29)25-12-8-10-18-9-6-7-11-20(18)33-14-13-26-22;1-7-5-3-2-4-6-7/h6-7,9,11,17,19,22,26H,5,8,10,12-16H2,1-4H3,(H,25,29)(H,27,30);2-6H,1H3. The van der Waals surface area contributed by atoms with Gasteiger partial charge in [0.25, 0.3) is 0 Å². The molecule has 0 bridgehead atoms. The maximum atomic E-state index is 13.3. The average molecular weight is 555 g/mol. The summed E-state index contributed by atoms with van der Waals surface area (Å²) in [6, 6.07) is 16.8. The van der Waals surface area contributed by atoms with E-state index >= 15 is 0 Å². The van der Waals surface area contributed by atoms with Crippen molar-refractivity contribution in [3.63, 3.8) is 0 Å². The van der Waals surface area contributed by atoms with Crippen molar-refractivity contribution < 1.29 is 23.9 Å². The Morgan fingerprint density at radius 2 is 1.73 bits per heavy atom. The summed E-state index contributed by atoms with van der Waals surface area (Å²) in [7, 11) is 3.07. The number of nitrogens with zero attached hydrogens (tertiary/aromatic N) is 1. The van der Waals surface area contributed by atoms with E-state index in [0.29, 0.717) is 19.7 Å². The molecular formula is C31H46N4O5. The monoisotopic (exact) mass is 554 g/mol. The van der Waals surface area contributed by atoms with Crippen molar-refractivity contribution in [1.82, 2.24) is 20.9 Å². The van der Waals surface area contributed by atoms with Crippen LogP contribution in [0.2, 0.25) is 0 Å². The zero-order valence-corrected chi connectivity index (χ0v) is 24.6. The molecule has 0 spiro atoms. The molecule has 3 N–H and O–H groups in total. The number of hydrogen-bond acceptors (Lipinski definition) is 6. The first-order valence-corrected chi connectivity index (χ1v) is 14.0. The third kappa shape index (κ3) is 11.0. The molecule has 0 radical (unpaired) electrons. The second kappa shape index (κ2) is 18.0. The Balaban J connectivity index is 0.000000693. The number of amides is 3. The first-order chi connectivity index (χ1) is 19.3. The van der Waals surface area contributed by atoms with Crippen LogP contribution in [0.3, 0.4) is 0 Å². The van der Waals surface area contributed by atoms with Crippen LogP contribution in [0.15, 0.2) is 54.6 Å². The Hall–Kier alpha value is -3.43. The van der Waals surface area contributed by atoms with Crippen LogP contribution < -0.4 is 20.7 Å². The van der Waals surface area contributed by atoms with E-state index in [-0.39, 0.29) is 30.9 Å². The molecule has 0 saturated carbocycles. The largest absolute Gasteiger partial charge is 0.492 e. The summed E-state index contributed by atoms with van der Waals surface area (Å²) in [5, 5.41) is 8.77. The van der Waals surface area contributed by atoms with Gasteiger partial charge in [-0.3, -0.25) is 14.4 Å². The van der Waals surface area contributed by atoms with E-state index in [1.165, 1.54) is 17.6 Å². The highest BCUT2D eigenvalue weighted by molar-refractivity contribution is 5.92. The van der Waals surface area contributed by atoms with E-state index in [4.69, 9.17) is 9.47 Å². The van der Waals surface area contributed by atoms with E-state index in [0.717, 1.165) is 30.6 Å². The fourth-order valence-corrected chi connectivity index (χ4v) is 4.28. The van der Waals surface area contributed by atoms with E-state index in [1.807, 2.05) is 56.3 Å². The lowest BCUT2D eigenvalue weighted by molar-refractivity contribution is -0.143. The third-order valence-corrected chi connectivity index (χ3v) is 6.93. The van der Waals surface area contributed by atoms with Crippen LogP contribution >= 0.6 is 0 Å². The van der Waals surface area contributed by atoms with Crippen molar-refractivity contribution >= 4 is 17.7 Å². The Morgan fingerprint density at radius 3 is 2.38 bits per heavy atom. The van der Waals surface area contributed by atoms with Crippen molar-refractivity contribution in [3.8, 4) is 5.75 Å². The molecule has 2 aromatic rings. The Morgan fingerprint density at radius 1 is 1.02 bits per heavy atom. The summed E-state index contributed by atoms with van der Waals surface area (Å²) in [6.45, 7) is 7.36. The number of rotatable bonds is 4. The predicted molar refractivity (Wildman–Crippen MR) is 157 cm³/mol. The van der Waals surface area contributed by atoms with Crippen molar-refractivity contribution in [1.29, 1.82) is 0 Å². The molecule has 220 valence electrons. The van der Waals surface area contributed by atoms with Crippen LogP contribution in [0.4, 0.5) is 0 Å². The summed E-state index contributed by atoms with van der Waals surface area (Å²) in [4.78, 5) is 39.7. The number of likely N-dealkylation sites (N-methyl/N-ethyl adjacent to an activating group) is 1. The Kier molecular flexibility index (Phi) is 14.8. The molecule has 0 aliphatic carbocycles. The van der Waals surface area contributed by atoms with Crippen molar-refractivity contribution in [2.24, 2.45) is 5.92 Å². The fraction of sp³-hybridized carbons (Fsp3) is 0.516. The molecule has 9 nitrogen and oxygen atoms in total. The molecule has 2 aromatic carbocycles. The van der Waals surface area contributed by atoms with Gasteiger partial charge in [0.15, 0.2) is 0 Å². The van der Waals surface area contributed by atoms with Crippen LogP contribution in [-0.4, -0.2) is 81.7 Å². The lowest BCUT2D eigenvalue weighted by atomic mass is 9.97. The summed E-state index contributed by atoms with van der Waals surface area (Å²) in [5.41, 5.74) is 2.39. The summed E-state index contributed by atoms with van der Waals surface area (Å²) >= 11 is 0. The number of aryl methyl sites for hydroxylation is 2. The lowest BCUT2D eigenvalue weighted by Crippen LogP contribution is -2.57. The smallest absolute Gasteiger partial charge is 0.245 e. The van der Waals surface area contributed by atoms with E-state index in [1.54, 1.807) is 7.05 Å². The molecule has 0 aromatic heterocycles. The maximum Gasteiger partial charge on any atom is 0.245 e. The molecule has 3 rings (SSSR count). The summed E-state index contributed by atoms with van der Waals surface area (Å²) < 4.78 is 11.2. The maximum absolute atomic E-state index is 13.3. The van der Waals surface area contributed by atoms with E-state index in [2.05, 4.69) is 35.0 Å². The minimum atomic E-state index is -0.842. The van der Waals surface area contributed by atoms with Gasteiger partial charge in [-0.15, -0.1) is 0 Å². The molecule has 9 heteroatoms. The van der Waals surface area contributed by atoms with Crippen LogP contribution in [0, 0.1) is 12.8 Å². The molecular weight excluding hydrogens is 508 g/mol. The first kappa shape index (κ1) is 32.8. The highest BCUT2D eigenvalue weighted by atomic mass is 16.5.